The summed E-state index contributed by atoms with van der Waals surface area (Å²) >= 11 is 0. The molecule has 0 radical (unpaired) electrons. The minimum atomic E-state index is -4.65. The Morgan fingerprint density at radius 3 is 2.34 bits per heavy atom. The number of nitriles is 1. The van der Waals surface area contributed by atoms with Crippen LogP contribution in [0.2, 0.25) is 0 Å². The number of carbonyl (C=O) groups is 3. The molecule has 3 heterocycles. The molecule has 1 fully saturated rings. The van der Waals surface area contributed by atoms with E-state index in [-0.39, 0.29) is 22.8 Å². The highest BCUT2D eigenvalue weighted by Crippen LogP contribution is 2.51. The number of esters is 3. The summed E-state index contributed by atoms with van der Waals surface area (Å²) in [5.41, 5.74) is -1.43. The summed E-state index contributed by atoms with van der Waals surface area (Å²) in [7, 11) is -4.65. The molecule has 1 aromatic carbocycles. The first-order valence-corrected chi connectivity index (χ1v) is 18.1. The van der Waals surface area contributed by atoms with Gasteiger partial charge >= 0.3 is 25.7 Å². The predicted molar refractivity (Wildman–Crippen MR) is 186 cm³/mol. The molecule has 0 saturated carbocycles. The van der Waals surface area contributed by atoms with Crippen LogP contribution in [0, 0.1) is 11.3 Å². The van der Waals surface area contributed by atoms with Gasteiger partial charge in [-0.1, -0.05) is 18.2 Å². The van der Waals surface area contributed by atoms with E-state index in [9.17, 15) is 34.4 Å². The highest BCUT2D eigenvalue weighted by atomic mass is 31.2. The Labute approximate surface area is 306 Å². The highest BCUT2D eigenvalue weighted by Gasteiger charge is 2.67. The molecule has 288 valence electrons. The van der Waals surface area contributed by atoms with Gasteiger partial charge in [-0.3, -0.25) is 18.9 Å². The number of benzene rings is 1. The van der Waals surface area contributed by atoms with Gasteiger partial charge in [0.15, 0.2) is 11.9 Å². The number of anilines is 1. The fourth-order valence-electron chi connectivity index (χ4n) is 5.45. The lowest BCUT2D eigenvalue weighted by Gasteiger charge is -2.37. The molecule has 0 amide bonds. The lowest BCUT2D eigenvalue weighted by Crippen LogP contribution is -2.55. The van der Waals surface area contributed by atoms with Gasteiger partial charge in [-0.2, -0.15) is 15.4 Å². The third-order valence-corrected chi connectivity index (χ3v) is 9.29. The van der Waals surface area contributed by atoms with Crippen molar-refractivity contribution in [1.29, 1.82) is 5.26 Å². The van der Waals surface area contributed by atoms with E-state index in [1.54, 1.807) is 32.0 Å². The number of ether oxygens (including phenoxy) is 4. The number of para-hydroxylation sites is 1. The van der Waals surface area contributed by atoms with Gasteiger partial charge in [0, 0.05) is 0 Å². The Kier molecular flexibility index (Phi) is 12.2. The zero-order valence-electron chi connectivity index (χ0n) is 30.5. The maximum absolute atomic E-state index is 14.4. The number of hydrogen-bond acceptors (Lipinski definition) is 16. The average molecular weight is 761 g/mol. The third-order valence-electron chi connectivity index (χ3n) is 7.67. The molecule has 1 aliphatic rings. The van der Waals surface area contributed by atoms with E-state index in [1.165, 1.54) is 63.4 Å². The fourth-order valence-corrected chi connectivity index (χ4v) is 6.97. The monoisotopic (exact) mass is 760 g/mol. The Bertz CT molecular complexity index is 1890. The van der Waals surface area contributed by atoms with Crippen LogP contribution in [0.4, 0.5) is 5.82 Å². The van der Waals surface area contributed by atoms with Crippen molar-refractivity contribution in [1.82, 2.24) is 19.7 Å². The van der Waals surface area contributed by atoms with Crippen molar-refractivity contribution in [3.63, 3.8) is 0 Å². The van der Waals surface area contributed by atoms with E-state index in [0.29, 0.717) is 0 Å². The van der Waals surface area contributed by atoms with Gasteiger partial charge in [0.1, 0.15) is 36.3 Å². The largest absolute Gasteiger partial charge is 0.462 e. The van der Waals surface area contributed by atoms with E-state index in [2.05, 4.69) is 15.2 Å². The number of nitrogens with one attached hydrogen (secondary N) is 1. The quantitative estimate of drug-likeness (QED) is 0.0930. The maximum atomic E-state index is 14.4. The first kappa shape index (κ1) is 41.1. The zero-order valence-corrected chi connectivity index (χ0v) is 31.4. The Morgan fingerprint density at radius 2 is 1.74 bits per heavy atom. The molecule has 5 atom stereocenters. The van der Waals surface area contributed by atoms with E-state index >= 15 is 0 Å². The molecule has 1 aliphatic heterocycles. The zero-order chi connectivity index (χ0) is 39.4. The second-order valence-corrected chi connectivity index (χ2v) is 15.9. The summed E-state index contributed by atoms with van der Waals surface area (Å²) in [6, 6.07) is 11.4. The van der Waals surface area contributed by atoms with Crippen molar-refractivity contribution in [2.24, 2.45) is 0 Å². The standard InChI is InChI=1S/C34H45N6O12P/c1-21(2)49-29(43)22(3)39-53(46,52-23-11-9-8-10-12-23)48-18-33(17-35)30(50-26(41)15-31(4,5)44)34(19-47-33,51-27(42)16-32(6,7)45)25-14-13-24-28(36)37-20-38-40(24)25/h8-14,20-22,30,44-45H,15-16,18-19H2,1-7H3,(H,39,46)(H2,36,37,38)/t22-,30+,33+,34+,53?/m0/s1. The second-order valence-electron chi connectivity index (χ2n) is 14.2. The molecule has 1 saturated heterocycles. The molecule has 0 spiro atoms. The molecule has 0 aliphatic carbocycles. The summed E-state index contributed by atoms with van der Waals surface area (Å²) in [5, 5.41) is 38.6. The number of hydrogen-bond donors (Lipinski definition) is 4. The summed E-state index contributed by atoms with van der Waals surface area (Å²) in [6.45, 7) is 8.42. The number of nitrogens with two attached hydrogens (primary N) is 1. The summed E-state index contributed by atoms with van der Waals surface area (Å²) in [4.78, 5) is 43.8. The molecule has 0 bridgehead atoms. The van der Waals surface area contributed by atoms with Gasteiger partial charge in [-0.25, -0.2) is 14.1 Å². The number of carbonyl (C=O) groups excluding carboxylic acids is 3. The number of aliphatic hydroxyl groups is 2. The first-order valence-electron chi connectivity index (χ1n) is 16.6. The molecule has 1 unspecified atom stereocenters. The summed E-state index contributed by atoms with van der Waals surface area (Å²) < 4.78 is 50.6. The van der Waals surface area contributed by atoms with Gasteiger partial charge in [-0.15, -0.1) is 0 Å². The van der Waals surface area contributed by atoms with Gasteiger partial charge in [0.25, 0.3) is 0 Å². The van der Waals surface area contributed by atoms with Crippen LogP contribution in [0.3, 0.4) is 0 Å². The third kappa shape index (κ3) is 10.1. The van der Waals surface area contributed by atoms with Crippen molar-refractivity contribution in [3.8, 4) is 11.8 Å². The second kappa shape index (κ2) is 15.8. The topological polar surface area (TPSA) is 256 Å². The summed E-state index contributed by atoms with van der Waals surface area (Å²) in [5.74, 6) is -2.73. The van der Waals surface area contributed by atoms with Crippen molar-refractivity contribution in [2.75, 3.05) is 18.9 Å². The van der Waals surface area contributed by atoms with Crippen LogP contribution in [-0.2, 0) is 48.0 Å². The number of rotatable bonds is 16. The van der Waals surface area contributed by atoms with Crippen LogP contribution >= 0.6 is 7.75 Å². The van der Waals surface area contributed by atoms with Crippen molar-refractivity contribution < 1.29 is 57.2 Å². The van der Waals surface area contributed by atoms with Gasteiger partial charge in [0.05, 0.1) is 42.4 Å². The van der Waals surface area contributed by atoms with Gasteiger partial charge in [-0.05, 0) is 72.7 Å². The number of nitrogens with zero attached hydrogens (tertiary/aromatic N) is 4. The maximum Gasteiger partial charge on any atom is 0.459 e. The smallest absolute Gasteiger partial charge is 0.459 e. The number of aromatic nitrogens is 3. The van der Waals surface area contributed by atoms with E-state index in [0.717, 1.165) is 6.33 Å². The van der Waals surface area contributed by atoms with Crippen LogP contribution in [-0.4, -0.2) is 91.0 Å². The molecular weight excluding hydrogens is 715 g/mol. The lowest BCUT2D eigenvalue weighted by molar-refractivity contribution is -0.191. The van der Waals surface area contributed by atoms with E-state index in [4.69, 9.17) is 33.7 Å². The lowest BCUT2D eigenvalue weighted by atomic mass is 9.85. The molecule has 19 heteroatoms. The minimum Gasteiger partial charge on any atom is -0.462 e. The Hall–Kier alpha value is -4.63. The van der Waals surface area contributed by atoms with E-state index in [1.807, 2.05) is 6.07 Å². The Morgan fingerprint density at radius 1 is 1.09 bits per heavy atom. The fraction of sp³-hybridized carbons (Fsp3) is 0.529. The molecule has 53 heavy (non-hydrogen) atoms. The first-order chi connectivity index (χ1) is 24.6. The highest BCUT2D eigenvalue weighted by molar-refractivity contribution is 7.52. The Balaban J connectivity index is 1.86. The number of fused-ring (bicyclic) bond motifs is 1. The predicted octanol–water partition coefficient (Wildman–Crippen LogP) is 2.71. The minimum absolute atomic E-state index is 0.00998. The van der Waals surface area contributed by atoms with Crippen LogP contribution in [0.25, 0.3) is 5.52 Å². The molecule has 4 rings (SSSR count). The van der Waals surface area contributed by atoms with Crippen LogP contribution in [0.5, 0.6) is 5.75 Å². The average Bonchev–Trinajstić information content (AvgIpc) is 3.60. The normalized spacial score (nSPS) is 22.1. The van der Waals surface area contributed by atoms with Crippen LogP contribution < -0.4 is 15.3 Å². The van der Waals surface area contributed by atoms with Gasteiger partial charge < -0.3 is 39.4 Å². The SMILES string of the molecule is CC(C)OC(=O)[C@H](C)NP(=O)(OC[C@@]1(C#N)OC[C@@](OC(=O)CC(C)(C)O)(c2ccc3c(N)ncnn23)[C@@H]1OC(=O)CC(C)(C)O)Oc1ccccc1. The van der Waals surface area contributed by atoms with Crippen molar-refractivity contribution in [2.45, 2.75) is 102 Å². The number of nitrogen functional groups attached to an aromatic ring is 1. The molecule has 3 aromatic rings. The molecule has 5 N–H and O–H groups in total. The summed E-state index contributed by atoms with van der Waals surface area (Å²) in [6.07, 6.45) is -2.45. The molecule has 18 nitrogen and oxygen atoms in total. The van der Waals surface area contributed by atoms with Crippen LogP contribution in [0.15, 0.2) is 48.8 Å². The van der Waals surface area contributed by atoms with Crippen LogP contribution in [0.1, 0.15) is 67.0 Å². The molecular formula is C34H45N6O12P. The van der Waals surface area contributed by atoms with E-state index < -0.39 is 92.4 Å². The van der Waals surface area contributed by atoms with Crippen molar-refractivity contribution in [3.05, 3.63) is 54.5 Å². The molecule has 2 aromatic heterocycles. The van der Waals surface area contributed by atoms with Gasteiger partial charge in [0.2, 0.25) is 11.2 Å². The van der Waals surface area contributed by atoms with Crippen molar-refractivity contribution >= 4 is 37.0 Å².